The van der Waals surface area contributed by atoms with Gasteiger partial charge in [-0.25, -0.2) is 0 Å². The summed E-state index contributed by atoms with van der Waals surface area (Å²) in [4.78, 5) is 0. The Bertz CT molecular complexity index is 300. The number of hydrogen-bond donors (Lipinski definition) is 1. The summed E-state index contributed by atoms with van der Waals surface area (Å²) in [7, 11) is 0. The zero-order valence-electron chi connectivity index (χ0n) is 11.6. The molecule has 0 radical (unpaired) electrons. The molecule has 0 amide bonds. The third-order valence-corrected chi connectivity index (χ3v) is 11.5. The number of allylic oxidation sites excluding steroid dienone is 4. The van der Waals surface area contributed by atoms with Crippen molar-refractivity contribution in [2.75, 3.05) is 6.61 Å². The van der Waals surface area contributed by atoms with Crippen molar-refractivity contribution in [1.29, 1.82) is 0 Å². The van der Waals surface area contributed by atoms with Gasteiger partial charge in [-0.2, -0.15) is 0 Å². The second kappa shape index (κ2) is 4.74. The number of rotatable bonds is 3. The molecule has 0 atom stereocenters. The number of aliphatic hydroxyl groups excluding tert-OH is 1. The zero-order valence-corrected chi connectivity index (χ0v) is 14.0. The van der Waals surface area contributed by atoms with Crippen LogP contribution in [-0.2, 0) is 17.3 Å². The monoisotopic (exact) mass is 302 g/mol. The molecule has 0 saturated heterocycles. The molecule has 0 unspecified atom stereocenters. The van der Waals surface area contributed by atoms with Crippen molar-refractivity contribution in [2.24, 2.45) is 0 Å². The molecule has 0 bridgehead atoms. The molecule has 0 aromatic rings. The summed E-state index contributed by atoms with van der Waals surface area (Å²) in [6.07, 6.45) is 10.4. The van der Waals surface area contributed by atoms with E-state index in [1.165, 1.54) is 6.42 Å². The fourth-order valence-corrected chi connectivity index (χ4v) is 6.55. The van der Waals surface area contributed by atoms with Crippen LogP contribution < -0.4 is 0 Å². The molecule has 1 aliphatic rings. The normalized spacial score (nSPS) is 19.0. The SMILES string of the molecule is C=CCCO.[CH3][Zr]([CH3])([CH3])([CH3])([CH3])[C]1=CC=CC1. The van der Waals surface area contributed by atoms with E-state index in [1.807, 2.05) is 0 Å². The van der Waals surface area contributed by atoms with Crippen LogP contribution in [0.3, 0.4) is 0 Å². The van der Waals surface area contributed by atoms with E-state index in [1.54, 1.807) is 9.36 Å². The fraction of sp³-hybridized carbons (Fsp3) is 0.571. The van der Waals surface area contributed by atoms with Crippen LogP contribution in [0.5, 0.6) is 0 Å². The van der Waals surface area contributed by atoms with Gasteiger partial charge in [0.15, 0.2) is 0 Å². The molecule has 0 heterocycles. The van der Waals surface area contributed by atoms with Gasteiger partial charge in [0.25, 0.3) is 0 Å². The average Bonchev–Trinajstić information content (AvgIpc) is 2.54. The van der Waals surface area contributed by atoms with Crippen LogP contribution in [0.25, 0.3) is 0 Å². The van der Waals surface area contributed by atoms with Gasteiger partial charge in [-0.15, -0.1) is 6.58 Å². The first kappa shape index (κ1) is 16.1. The third kappa shape index (κ3) is 6.60. The Hall–Kier alpha value is 0.0631. The van der Waals surface area contributed by atoms with E-state index in [0.29, 0.717) is 6.42 Å². The summed E-state index contributed by atoms with van der Waals surface area (Å²) < 4.78 is 14.2. The predicted molar refractivity (Wildman–Crippen MR) is 73.1 cm³/mol. The van der Waals surface area contributed by atoms with Crippen molar-refractivity contribution in [1.82, 2.24) is 0 Å². The van der Waals surface area contributed by atoms with Crippen molar-refractivity contribution in [3.8, 4) is 0 Å². The molecule has 0 aromatic heterocycles. The van der Waals surface area contributed by atoms with Gasteiger partial charge < -0.3 is 5.11 Å². The van der Waals surface area contributed by atoms with Gasteiger partial charge in [-0.05, 0) is 6.42 Å². The molecule has 1 aliphatic carbocycles. The quantitative estimate of drug-likeness (QED) is 0.739. The van der Waals surface area contributed by atoms with Gasteiger partial charge in [0.1, 0.15) is 0 Å². The molecule has 16 heavy (non-hydrogen) atoms. The Kier molecular flexibility index (Phi) is 4.76. The first-order valence-electron chi connectivity index (χ1n) is 6.10. The Morgan fingerprint density at radius 1 is 1.31 bits per heavy atom. The maximum atomic E-state index is 8.00. The molecular formula is C14H28OZr. The van der Waals surface area contributed by atoms with Gasteiger partial charge in [-0.3, -0.25) is 0 Å². The predicted octanol–water partition coefficient (Wildman–Crippen LogP) is 4.85. The fourth-order valence-electron chi connectivity index (χ4n) is 1.47. The Labute approximate surface area is 98.8 Å². The van der Waals surface area contributed by atoms with Crippen molar-refractivity contribution >= 4 is 0 Å². The van der Waals surface area contributed by atoms with Crippen molar-refractivity contribution in [3.05, 3.63) is 34.2 Å². The first-order chi connectivity index (χ1) is 7.01. The van der Waals surface area contributed by atoms with Gasteiger partial charge in [0.05, 0.1) is 0 Å². The van der Waals surface area contributed by atoms with Gasteiger partial charge >= 0.3 is 68.4 Å². The molecule has 0 spiro atoms. The summed E-state index contributed by atoms with van der Waals surface area (Å²) in [6.45, 7) is 3.62. The van der Waals surface area contributed by atoms with Gasteiger partial charge in [0, 0.05) is 6.61 Å². The Morgan fingerprint density at radius 2 is 1.88 bits per heavy atom. The molecule has 0 aromatic carbocycles. The Morgan fingerprint density at radius 3 is 2.00 bits per heavy atom. The van der Waals surface area contributed by atoms with Crippen LogP contribution in [0, 0.1) is 0 Å². The molecule has 0 fully saturated rings. The zero-order chi connectivity index (χ0) is 12.9. The van der Waals surface area contributed by atoms with Gasteiger partial charge in [-0.1, -0.05) is 6.08 Å². The van der Waals surface area contributed by atoms with Crippen molar-refractivity contribution < 1.29 is 22.4 Å². The van der Waals surface area contributed by atoms with Crippen LogP contribution in [-0.4, -0.2) is 11.7 Å². The molecule has 94 valence electrons. The summed E-state index contributed by atoms with van der Waals surface area (Å²) >= 11 is -2.78. The minimum absolute atomic E-state index is 0.226. The van der Waals surface area contributed by atoms with E-state index in [2.05, 4.69) is 48.0 Å². The van der Waals surface area contributed by atoms with Gasteiger partial charge in [0.2, 0.25) is 0 Å². The third-order valence-electron chi connectivity index (χ3n) is 2.71. The van der Waals surface area contributed by atoms with Crippen LogP contribution >= 0.6 is 0 Å². The van der Waals surface area contributed by atoms with E-state index in [-0.39, 0.29) is 6.61 Å². The first-order valence-corrected chi connectivity index (χ1v) is 19.6. The van der Waals surface area contributed by atoms with E-state index >= 15 is 0 Å². The summed E-state index contributed by atoms with van der Waals surface area (Å²) in [5.74, 6) is 0. The Balaban J connectivity index is 0.000000385. The molecule has 2 heteroatoms. The second-order valence-electron chi connectivity index (χ2n) is 8.38. The molecular weight excluding hydrogens is 275 g/mol. The van der Waals surface area contributed by atoms with Crippen LogP contribution in [0.4, 0.5) is 0 Å². The number of hydrogen-bond acceptors (Lipinski definition) is 1. The van der Waals surface area contributed by atoms with Crippen LogP contribution in [0.15, 0.2) is 34.2 Å². The topological polar surface area (TPSA) is 20.2 Å². The van der Waals surface area contributed by atoms with E-state index in [0.717, 1.165) is 0 Å². The standard InChI is InChI=1S/C5H5.C4H8O.5CH3.Zr/c1-2-4-5-3-1;1-2-3-4-5;;;;;;/h1-3H,4H2;2,5H,1,3-4H2;5*1H3;. The summed E-state index contributed by atoms with van der Waals surface area (Å²) in [5, 5.41) is 8.00. The van der Waals surface area contributed by atoms with E-state index in [4.69, 9.17) is 5.11 Å². The van der Waals surface area contributed by atoms with E-state index < -0.39 is 17.3 Å². The van der Waals surface area contributed by atoms with Crippen LogP contribution in [0.1, 0.15) is 12.8 Å². The molecule has 0 aliphatic heterocycles. The average molecular weight is 304 g/mol. The van der Waals surface area contributed by atoms with E-state index in [9.17, 15) is 0 Å². The second-order valence-corrected chi connectivity index (χ2v) is 40.7. The summed E-state index contributed by atoms with van der Waals surface area (Å²) in [5.41, 5.74) is 0. The molecule has 1 nitrogen and oxygen atoms in total. The molecule has 0 saturated carbocycles. The summed E-state index contributed by atoms with van der Waals surface area (Å²) in [6, 6.07) is 0. The molecule has 1 N–H and O–H groups in total. The van der Waals surface area contributed by atoms with Crippen molar-refractivity contribution in [3.63, 3.8) is 0 Å². The van der Waals surface area contributed by atoms with Crippen molar-refractivity contribution in [2.45, 2.75) is 36.0 Å². The van der Waals surface area contributed by atoms with Crippen LogP contribution in [0.2, 0.25) is 23.2 Å². The number of aliphatic hydroxyl groups is 1. The maximum absolute atomic E-state index is 8.00. The minimum atomic E-state index is -2.78. The molecule has 1 rings (SSSR count).